The van der Waals surface area contributed by atoms with E-state index in [4.69, 9.17) is 5.73 Å². The first-order chi connectivity index (χ1) is 8.90. The van der Waals surface area contributed by atoms with Crippen molar-refractivity contribution in [3.05, 3.63) is 35.4 Å². The Balaban J connectivity index is 1.98. The first-order valence-corrected chi connectivity index (χ1v) is 5.94. The molecule has 102 valence electrons. The lowest BCUT2D eigenvalue weighted by Crippen LogP contribution is -2.43. The van der Waals surface area contributed by atoms with Gasteiger partial charge in [0.25, 0.3) is 0 Å². The Morgan fingerprint density at radius 1 is 1.37 bits per heavy atom. The van der Waals surface area contributed by atoms with Gasteiger partial charge in [-0.05, 0) is 37.0 Å². The smallest absolute Gasteiger partial charge is 0.239 e. The zero-order chi connectivity index (χ0) is 14.2. The van der Waals surface area contributed by atoms with Gasteiger partial charge < -0.3 is 11.1 Å². The molecule has 3 atom stereocenters. The van der Waals surface area contributed by atoms with Gasteiger partial charge in [0.1, 0.15) is 6.04 Å². The summed E-state index contributed by atoms with van der Waals surface area (Å²) >= 11 is 0. The van der Waals surface area contributed by atoms with Crippen LogP contribution in [0.5, 0.6) is 0 Å². The standard InChI is InChI=1S/C13H14F2N2O2/c1-6(12(16)18)17-13(19)9-5-8(9)7-2-3-10(14)11(15)4-7/h2-4,6,8-9H,5H2,1H3,(H2,16,18)(H,17,19)/t6-,8-,9-/m0/s1. The Bertz CT molecular complexity index is 533. The van der Waals surface area contributed by atoms with Crippen molar-refractivity contribution in [2.24, 2.45) is 11.7 Å². The Kier molecular flexibility index (Phi) is 3.50. The molecule has 2 rings (SSSR count). The molecule has 1 aromatic carbocycles. The fraction of sp³-hybridized carbons (Fsp3) is 0.385. The summed E-state index contributed by atoms with van der Waals surface area (Å²) in [4.78, 5) is 22.6. The highest BCUT2D eigenvalue weighted by Crippen LogP contribution is 2.47. The van der Waals surface area contributed by atoms with Crippen molar-refractivity contribution in [2.75, 3.05) is 0 Å². The van der Waals surface area contributed by atoms with E-state index < -0.39 is 23.6 Å². The fourth-order valence-corrected chi connectivity index (χ4v) is 1.99. The zero-order valence-corrected chi connectivity index (χ0v) is 10.3. The lowest BCUT2D eigenvalue weighted by molar-refractivity contribution is -0.127. The summed E-state index contributed by atoms with van der Waals surface area (Å²) in [5, 5.41) is 2.49. The number of hydrogen-bond acceptors (Lipinski definition) is 2. The first-order valence-electron chi connectivity index (χ1n) is 5.94. The van der Waals surface area contributed by atoms with Crippen LogP contribution >= 0.6 is 0 Å². The third-order valence-corrected chi connectivity index (χ3v) is 3.28. The zero-order valence-electron chi connectivity index (χ0n) is 10.3. The molecule has 1 aliphatic rings. The maximum atomic E-state index is 13.1. The van der Waals surface area contributed by atoms with Crippen molar-refractivity contribution >= 4 is 11.8 Å². The highest BCUT2D eigenvalue weighted by atomic mass is 19.2. The minimum absolute atomic E-state index is 0.129. The largest absolute Gasteiger partial charge is 0.368 e. The van der Waals surface area contributed by atoms with Gasteiger partial charge in [0.2, 0.25) is 11.8 Å². The summed E-state index contributed by atoms with van der Waals surface area (Å²) in [5.74, 6) is -3.18. The molecule has 0 spiro atoms. The van der Waals surface area contributed by atoms with E-state index in [9.17, 15) is 18.4 Å². The van der Waals surface area contributed by atoms with Gasteiger partial charge in [0, 0.05) is 5.92 Å². The van der Waals surface area contributed by atoms with E-state index in [1.165, 1.54) is 13.0 Å². The predicted molar refractivity (Wildman–Crippen MR) is 64.0 cm³/mol. The maximum Gasteiger partial charge on any atom is 0.239 e. The minimum Gasteiger partial charge on any atom is -0.368 e. The second kappa shape index (κ2) is 4.95. The summed E-state index contributed by atoms with van der Waals surface area (Å²) in [6.07, 6.45) is 0.558. The first kappa shape index (κ1) is 13.5. The molecule has 0 aliphatic heterocycles. The average Bonchev–Trinajstić information content (AvgIpc) is 3.12. The number of primary amides is 1. The number of nitrogens with one attached hydrogen (secondary N) is 1. The number of benzene rings is 1. The van der Waals surface area contributed by atoms with E-state index >= 15 is 0 Å². The van der Waals surface area contributed by atoms with Crippen LogP contribution in [0, 0.1) is 17.6 Å². The number of nitrogens with two attached hydrogens (primary N) is 1. The van der Waals surface area contributed by atoms with Crippen LogP contribution in [0.25, 0.3) is 0 Å². The molecule has 0 saturated heterocycles. The van der Waals surface area contributed by atoms with Crippen LogP contribution in [0.4, 0.5) is 8.78 Å². The van der Waals surface area contributed by atoms with Crippen LogP contribution < -0.4 is 11.1 Å². The Labute approximate surface area is 109 Å². The molecule has 1 saturated carbocycles. The molecular formula is C13H14F2N2O2. The summed E-state index contributed by atoms with van der Waals surface area (Å²) in [6.45, 7) is 1.50. The number of hydrogen-bond donors (Lipinski definition) is 2. The molecule has 3 N–H and O–H groups in total. The Morgan fingerprint density at radius 3 is 2.63 bits per heavy atom. The van der Waals surface area contributed by atoms with Gasteiger partial charge in [-0.15, -0.1) is 0 Å². The topological polar surface area (TPSA) is 72.2 Å². The quantitative estimate of drug-likeness (QED) is 0.857. The highest BCUT2D eigenvalue weighted by Gasteiger charge is 2.44. The molecule has 1 fully saturated rings. The molecule has 0 aromatic heterocycles. The lowest BCUT2D eigenvalue weighted by atomic mass is 10.1. The summed E-state index contributed by atoms with van der Waals surface area (Å²) in [7, 11) is 0. The lowest BCUT2D eigenvalue weighted by Gasteiger charge is -2.09. The number of halogens is 2. The second-order valence-electron chi connectivity index (χ2n) is 4.75. The van der Waals surface area contributed by atoms with Gasteiger partial charge in [0.15, 0.2) is 11.6 Å². The average molecular weight is 268 g/mol. The van der Waals surface area contributed by atoms with Crippen LogP contribution in [0.15, 0.2) is 18.2 Å². The van der Waals surface area contributed by atoms with E-state index in [2.05, 4.69) is 5.32 Å². The molecule has 6 heteroatoms. The molecular weight excluding hydrogens is 254 g/mol. The fourth-order valence-electron chi connectivity index (χ4n) is 1.99. The summed E-state index contributed by atoms with van der Waals surface area (Å²) in [5.41, 5.74) is 5.63. The van der Waals surface area contributed by atoms with Gasteiger partial charge in [-0.2, -0.15) is 0 Å². The number of amides is 2. The van der Waals surface area contributed by atoms with Crippen molar-refractivity contribution in [1.82, 2.24) is 5.32 Å². The van der Waals surface area contributed by atoms with Crippen molar-refractivity contribution < 1.29 is 18.4 Å². The van der Waals surface area contributed by atoms with E-state index in [0.29, 0.717) is 12.0 Å². The number of carbonyl (C=O) groups excluding carboxylic acids is 2. The molecule has 19 heavy (non-hydrogen) atoms. The van der Waals surface area contributed by atoms with Crippen molar-refractivity contribution in [1.29, 1.82) is 0 Å². The predicted octanol–water partition coefficient (Wildman–Crippen LogP) is 1.06. The normalized spacial score (nSPS) is 22.7. The summed E-state index contributed by atoms with van der Waals surface area (Å²) in [6, 6.07) is 2.88. The van der Waals surface area contributed by atoms with Gasteiger partial charge in [-0.1, -0.05) is 6.07 Å². The number of carbonyl (C=O) groups is 2. The van der Waals surface area contributed by atoms with Gasteiger partial charge >= 0.3 is 0 Å². The van der Waals surface area contributed by atoms with Crippen LogP contribution in [-0.2, 0) is 9.59 Å². The van der Waals surface area contributed by atoms with Gasteiger partial charge in [-0.3, -0.25) is 9.59 Å². The third kappa shape index (κ3) is 2.89. The van der Waals surface area contributed by atoms with Crippen LogP contribution in [0.1, 0.15) is 24.8 Å². The van der Waals surface area contributed by atoms with E-state index in [-0.39, 0.29) is 17.7 Å². The van der Waals surface area contributed by atoms with Crippen LogP contribution in [-0.4, -0.2) is 17.9 Å². The van der Waals surface area contributed by atoms with E-state index in [1.54, 1.807) is 0 Å². The van der Waals surface area contributed by atoms with Crippen molar-refractivity contribution in [2.45, 2.75) is 25.3 Å². The molecule has 0 unspecified atom stereocenters. The van der Waals surface area contributed by atoms with Crippen molar-refractivity contribution in [3.63, 3.8) is 0 Å². The molecule has 0 bridgehead atoms. The third-order valence-electron chi connectivity index (χ3n) is 3.28. The Morgan fingerprint density at radius 2 is 2.05 bits per heavy atom. The molecule has 1 aliphatic carbocycles. The van der Waals surface area contributed by atoms with Crippen LogP contribution in [0.2, 0.25) is 0 Å². The number of rotatable bonds is 4. The monoisotopic (exact) mass is 268 g/mol. The second-order valence-corrected chi connectivity index (χ2v) is 4.75. The minimum atomic E-state index is -0.922. The molecule has 4 nitrogen and oxygen atoms in total. The molecule has 2 amide bonds. The SMILES string of the molecule is C[C@H](NC(=O)[C@H]1C[C@H]1c1ccc(F)c(F)c1)C(N)=O. The van der Waals surface area contributed by atoms with Crippen molar-refractivity contribution in [3.8, 4) is 0 Å². The highest BCUT2D eigenvalue weighted by molar-refractivity contribution is 5.89. The molecule has 0 radical (unpaired) electrons. The molecule has 0 heterocycles. The van der Waals surface area contributed by atoms with Crippen LogP contribution in [0.3, 0.4) is 0 Å². The summed E-state index contributed by atoms with van der Waals surface area (Å²) < 4.78 is 25.9. The van der Waals surface area contributed by atoms with E-state index in [0.717, 1.165) is 12.1 Å². The maximum absolute atomic E-state index is 13.1. The van der Waals surface area contributed by atoms with Gasteiger partial charge in [0.05, 0.1) is 0 Å². The molecule has 1 aromatic rings. The van der Waals surface area contributed by atoms with Gasteiger partial charge in [-0.25, -0.2) is 8.78 Å². The van der Waals surface area contributed by atoms with E-state index in [1.807, 2.05) is 0 Å². The Hall–Kier alpha value is -1.98.